The molecule has 0 aromatic rings. The van der Waals surface area contributed by atoms with Crippen LogP contribution in [0.25, 0.3) is 0 Å². The molecule has 0 bridgehead atoms. The van der Waals surface area contributed by atoms with E-state index in [0.717, 1.165) is 45.2 Å². The Hall–Kier alpha value is -2.11. The van der Waals surface area contributed by atoms with Gasteiger partial charge in [-0.1, -0.05) is 5.22 Å². The average molecular weight is 502 g/mol. The van der Waals surface area contributed by atoms with Gasteiger partial charge in [0.15, 0.2) is 0 Å². The molecule has 3 aliphatic heterocycles. The van der Waals surface area contributed by atoms with E-state index in [4.69, 9.17) is 4.74 Å². The van der Waals surface area contributed by atoms with E-state index < -0.39 is 12.5 Å². The van der Waals surface area contributed by atoms with Crippen molar-refractivity contribution in [3.05, 3.63) is 0 Å². The van der Waals surface area contributed by atoms with Crippen molar-refractivity contribution in [3.63, 3.8) is 0 Å². The number of ether oxygens (including phenoxy) is 2. The summed E-state index contributed by atoms with van der Waals surface area (Å²) in [7, 11) is 0. The molecule has 3 atom stereocenters. The van der Waals surface area contributed by atoms with Crippen molar-refractivity contribution < 1.29 is 32.2 Å². The lowest BCUT2D eigenvalue weighted by Gasteiger charge is -2.54. The fourth-order valence-corrected chi connectivity index (χ4v) is 6.38. The van der Waals surface area contributed by atoms with E-state index in [1.165, 1.54) is 0 Å². The van der Waals surface area contributed by atoms with Crippen LogP contribution in [0.3, 0.4) is 0 Å². The van der Waals surface area contributed by atoms with E-state index in [0.29, 0.717) is 38.8 Å². The summed E-state index contributed by atoms with van der Waals surface area (Å²) in [5.41, 5.74) is 3.12. The van der Waals surface area contributed by atoms with Gasteiger partial charge in [-0.15, -0.1) is 13.2 Å². The smallest absolute Gasteiger partial charge is 0.449 e. The highest BCUT2D eigenvalue weighted by Crippen LogP contribution is 2.42. The van der Waals surface area contributed by atoms with Crippen LogP contribution in [0.1, 0.15) is 57.8 Å². The Bertz CT molecular complexity index is 816. The predicted molar refractivity (Wildman–Crippen MR) is 117 cm³/mol. The van der Waals surface area contributed by atoms with Gasteiger partial charge in [0.05, 0.1) is 24.8 Å². The van der Waals surface area contributed by atoms with Crippen LogP contribution in [-0.4, -0.2) is 79.1 Å². The summed E-state index contributed by atoms with van der Waals surface area (Å²) in [6.07, 6.45) is 0.270. The number of nitrogens with one attached hydrogen (secondary N) is 1. The molecule has 35 heavy (non-hydrogen) atoms. The number of nitrogens with zero attached hydrogens (tertiary/aromatic N) is 4. The SMILES string of the molecule is O=C(OCC1CCC(OC(F)(F)F)CC1)N1CCC2(CC1)CN(C(=O)C1CCC3N=NNC3C1)C2. The Kier molecular flexibility index (Phi) is 6.84. The van der Waals surface area contributed by atoms with Crippen LogP contribution >= 0.6 is 0 Å². The molecule has 0 aromatic carbocycles. The molecule has 0 radical (unpaired) electrons. The first kappa shape index (κ1) is 24.6. The molecule has 2 aliphatic carbocycles. The second kappa shape index (κ2) is 9.74. The van der Waals surface area contributed by atoms with E-state index >= 15 is 0 Å². The number of piperidine rings is 1. The summed E-state index contributed by atoms with van der Waals surface area (Å²) >= 11 is 0. The number of rotatable bonds is 4. The van der Waals surface area contributed by atoms with E-state index in [9.17, 15) is 22.8 Å². The predicted octanol–water partition coefficient (Wildman–Crippen LogP) is 3.65. The highest BCUT2D eigenvalue weighted by atomic mass is 19.4. The minimum absolute atomic E-state index is 0.0368. The van der Waals surface area contributed by atoms with Crippen LogP contribution in [0.2, 0.25) is 0 Å². The maximum Gasteiger partial charge on any atom is 0.522 e. The van der Waals surface area contributed by atoms with Gasteiger partial charge >= 0.3 is 12.5 Å². The lowest BCUT2D eigenvalue weighted by atomic mass is 9.71. The van der Waals surface area contributed by atoms with Crippen molar-refractivity contribution in [3.8, 4) is 0 Å². The highest BCUT2D eigenvalue weighted by molar-refractivity contribution is 5.80. The third-order valence-electron chi connectivity index (χ3n) is 8.58. The van der Waals surface area contributed by atoms with Crippen molar-refractivity contribution in [2.45, 2.75) is 82.3 Å². The van der Waals surface area contributed by atoms with Crippen LogP contribution in [0.15, 0.2) is 10.3 Å². The number of hydrogen-bond donors (Lipinski definition) is 1. The average Bonchev–Trinajstić information content (AvgIpc) is 3.28. The van der Waals surface area contributed by atoms with E-state index in [-0.39, 0.29) is 47.9 Å². The Morgan fingerprint density at radius 2 is 1.71 bits per heavy atom. The van der Waals surface area contributed by atoms with Crippen molar-refractivity contribution in [2.75, 3.05) is 32.8 Å². The fourth-order valence-electron chi connectivity index (χ4n) is 6.38. The van der Waals surface area contributed by atoms with Crippen molar-refractivity contribution >= 4 is 12.0 Å². The highest BCUT2D eigenvalue weighted by Gasteiger charge is 2.49. The molecule has 4 fully saturated rings. The maximum absolute atomic E-state index is 13.0. The first-order valence-corrected chi connectivity index (χ1v) is 12.8. The van der Waals surface area contributed by atoms with Crippen LogP contribution in [0, 0.1) is 17.3 Å². The molecule has 1 N–H and O–H groups in total. The molecule has 5 aliphatic rings. The first-order chi connectivity index (χ1) is 16.7. The number of carbonyl (C=O) groups is 2. The molecular formula is C23H34F3N5O4. The van der Waals surface area contributed by atoms with Gasteiger partial charge in [-0.25, -0.2) is 4.79 Å². The number of hydrogen-bond acceptors (Lipinski definition) is 7. The molecule has 9 nitrogen and oxygen atoms in total. The van der Waals surface area contributed by atoms with Crippen molar-refractivity contribution in [1.29, 1.82) is 0 Å². The Balaban J connectivity index is 0.985. The van der Waals surface area contributed by atoms with Crippen molar-refractivity contribution in [2.24, 2.45) is 27.6 Å². The third-order valence-corrected chi connectivity index (χ3v) is 8.58. The molecule has 196 valence electrons. The summed E-state index contributed by atoms with van der Waals surface area (Å²) in [5, 5.41) is 8.09. The van der Waals surface area contributed by atoms with Crippen LogP contribution < -0.4 is 5.43 Å². The number of halogens is 3. The summed E-state index contributed by atoms with van der Waals surface area (Å²) in [4.78, 5) is 29.2. The zero-order valence-corrected chi connectivity index (χ0v) is 19.8. The molecule has 5 rings (SSSR count). The fraction of sp³-hybridized carbons (Fsp3) is 0.913. The number of fused-ring (bicyclic) bond motifs is 1. The molecule has 1 spiro atoms. The molecule has 2 amide bonds. The molecule has 2 saturated heterocycles. The zero-order valence-electron chi connectivity index (χ0n) is 19.8. The summed E-state index contributed by atoms with van der Waals surface area (Å²) < 4.78 is 46.6. The monoisotopic (exact) mass is 501 g/mol. The standard InChI is InChI=1S/C23H34F3N5O4/c24-23(25,26)35-17-4-1-15(2-5-17)12-34-21(33)30-9-7-22(8-10-30)13-31(14-22)20(32)16-3-6-18-19(11-16)28-29-27-18/h15-19H,1-14H2,(H,27,28). The van der Waals surface area contributed by atoms with Gasteiger partial charge in [-0.2, -0.15) is 5.11 Å². The normalized spacial score (nSPS) is 34.2. The van der Waals surface area contributed by atoms with Gasteiger partial charge in [0.1, 0.15) is 0 Å². The molecule has 3 unspecified atom stereocenters. The molecule has 2 saturated carbocycles. The lowest BCUT2D eigenvalue weighted by Crippen LogP contribution is -2.63. The second-order valence-electron chi connectivity index (χ2n) is 11.0. The topological polar surface area (TPSA) is 95.8 Å². The number of likely N-dealkylation sites (tertiary alicyclic amines) is 2. The minimum atomic E-state index is -4.60. The molecular weight excluding hydrogens is 467 g/mol. The minimum Gasteiger partial charge on any atom is -0.449 e. The van der Waals surface area contributed by atoms with Gasteiger partial charge < -0.3 is 14.5 Å². The van der Waals surface area contributed by atoms with E-state index in [2.05, 4.69) is 20.5 Å². The number of carbonyl (C=O) groups excluding carboxylic acids is 2. The third kappa shape index (κ3) is 5.67. The molecule has 0 aromatic heterocycles. The maximum atomic E-state index is 13.0. The van der Waals surface area contributed by atoms with Crippen LogP contribution in [0.4, 0.5) is 18.0 Å². The lowest BCUT2D eigenvalue weighted by molar-refractivity contribution is -0.345. The van der Waals surface area contributed by atoms with Crippen LogP contribution in [0.5, 0.6) is 0 Å². The zero-order chi connectivity index (χ0) is 24.6. The second-order valence-corrected chi connectivity index (χ2v) is 11.0. The quantitative estimate of drug-likeness (QED) is 0.635. The van der Waals surface area contributed by atoms with Gasteiger partial charge in [0.2, 0.25) is 5.91 Å². The number of amides is 2. The van der Waals surface area contributed by atoms with Crippen molar-refractivity contribution in [1.82, 2.24) is 15.2 Å². The van der Waals surface area contributed by atoms with E-state index in [1.807, 2.05) is 4.90 Å². The molecule has 3 heterocycles. The van der Waals surface area contributed by atoms with Gasteiger partial charge in [0.25, 0.3) is 0 Å². The Morgan fingerprint density at radius 1 is 1.00 bits per heavy atom. The van der Waals surface area contributed by atoms with Gasteiger partial charge in [0, 0.05) is 37.5 Å². The molecule has 12 heteroatoms. The summed E-state index contributed by atoms with van der Waals surface area (Å²) in [5.74, 6) is 0.348. The van der Waals surface area contributed by atoms with Crippen LogP contribution in [-0.2, 0) is 14.3 Å². The summed E-state index contributed by atoms with van der Waals surface area (Å²) in [6, 6.07) is 0.398. The largest absolute Gasteiger partial charge is 0.522 e. The Morgan fingerprint density at radius 3 is 2.40 bits per heavy atom. The van der Waals surface area contributed by atoms with Gasteiger partial charge in [-0.05, 0) is 63.7 Å². The van der Waals surface area contributed by atoms with E-state index in [1.54, 1.807) is 4.90 Å². The summed E-state index contributed by atoms with van der Waals surface area (Å²) in [6.45, 7) is 2.95. The first-order valence-electron chi connectivity index (χ1n) is 12.8. The Labute approximate surface area is 202 Å². The number of alkyl halides is 3. The van der Waals surface area contributed by atoms with Gasteiger partial charge in [-0.3, -0.25) is 15.0 Å².